The second-order valence-electron chi connectivity index (χ2n) is 8.93. The van der Waals surface area contributed by atoms with Gasteiger partial charge in [-0.15, -0.1) is 0 Å². The van der Waals surface area contributed by atoms with Gasteiger partial charge in [-0.05, 0) is 63.6 Å². The van der Waals surface area contributed by atoms with Gasteiger partial charge in [-0.25, -0.2) is 12.8 Å². The Balaban J connectivity index is 2.43. The first kappa shape index (κ1) is 27.9. The van der Waals surface area contributed by atoms with Crippen molar-refractivity contribution < 1.29 is 22.4 Å². The van der Waals surface area contributed by atoms with Crippen LogP contribution in [0.3, 0.4) is 0 Å². The second kappa shape index (κ2) is 10.9. The zero-order chi connectivity index (χ0) is 25.8. The molecule has 0 radical (unpaired) electrons. The standard InChI is InChI=1S/C23H28Cl2FN3O4S/c1-15(22(31)27-23(2,3)4)28(13-16-7-6-8-17(24)11-16)21(30)14-29(34(5,32)33)18-9-10-20(26)19(25)12-18/h6-12,15H,13-14H2,1-5H3,(H,27,31)/t15-/m0/s1. The van der Waals surface area contributed by atoms with Crippen molar-refractivity contribution in [3.05, 3.63) is 63.9 Å². The monoisotopic (exact) mass is 531 g/mol. The second-order valence-corrected chi connectivity index (χ2v) is 11.7. The Labute approximate surface area is 209 Å². The summed E-state index contributed by atoms with van der Waals surface area (Å²) in [6.07, 6.45) is 0.925. The molecule has 0 aromatic heterocycles. The number of benzene rings is 2. The molecule has 0 unspecified atom stereocenters. The molecule has 2 rings (SSSR count). The highest BCUT2D eigenvalue weighted by molar-refractivity contribution is 7.92. The molecular formula is C23H28Cl2FN3O4S. The van der Waals surface area contributed by atoms with Crippen molar-refractivity contribution in [3.8, 4) is 0 Å². The molecule has 0 bridgehead atoms. The molecule has 0 saturated heterocycles. The smallest absolute Gasteiger partial charge is 0.244 e. The number of amides is 2. The van der Waals surface area contributed by atoms with E-state index in [0.717, 1.165) is 22.7 Å². The van der Waals surface area contributed by atoms with Crippen LogP contribution in [0, 0.1) is 5.82 Å². The van der Waals surface area contributed by atoms with Gasteiger partial charge in [0.1, 0.15) is 18.4 Å². The third-order valence-corrected chi connectivity index (χ3v) is 6.44. The fourth-order valence-corrected chi connectivity index (χ4v) is 4.37. The summed E-state index contributed by atoms with van der Waals surface area (Å²) >= 11 is 11.9. The summed E-state index contributed by atoms with van der Waals surface area (Å²) < 4.78 is 39.4. The SMILES string of the molecule is C[C@@H](C(=O)NC(C)(C)C)N(Cc1cccc(Cl)c1)C(=O)CN(c1ccc(F)c(Cl)c1)S(C)(=O)=O. The molecule has 0 spiro atoms. The Hall–Kier alpha value is -2.36. The summed E-state index contributed by atoms with van der Waals surface area (Å²) in [5.74, 6) is -1.76. The molecular weight excluding hydrogens is 504 g/mol. The Bertz CT molecular complexity index is 1170. The molecule has 0 aliphatic carbocycles. The van der Waals surface area contributed by atoms with Gasteiger partial charge >= 0.3 is 0 Å². The molecule has 11 heteroatoms. The largest absolute Gasteiger partial charge is 0.350 e. The normalized spacial score (nSPS) is 12.7. The van der Waals surface area contributed by atoms with Crippen molar-refractivity contribution >= 4 is 50.7 Å². The van der Waals surface area contributed by atoms with Crippen molar-refractivity contribution in [2.45, 2.75) is 45.8 Å². The first-order chi connectivity index (χ1) is 15.6. The van der Waals surface area contributed by atoms with Crippen molar-refractivity contribution in [1.82, 2.24) is 10.2 Å². The third-order valence-electron chi connectivity index (χ3n) is 4.78. The predicted molar refractivity (Wildman–Crippen MR) is 133 cm³/mol. The molecule has 2 aromatic rings. The number of nitrogens with one attached hydrogen (secondary N) is 1. The Morgan fingerprint density at radius 2 is 1.76 bits per heavy atom. The van der Waals surface area contributed by atoms with Crippen LogP contribution in [0.15, 0.2) is 42.5 Å². The number of anilines is 1. The number of carbonyl (C=O) groups excluding carboxylic acids is 2. The highest BCUT2D eigenvalue weighted by Crippen LogP contribution is 2.25. The maximum absolute atomic E-state index is 13.6. The van der Waals surface area contributed by atoms with Crippen molar-refractivity contribution in [3.63, 3.8) is 0 Å². The van der Waals surface area contributed by atoms with Gasteiger partial charge in [0.15, 0.2) is 0 Å². The highest BCUT2D eigenvalue weighted by atomic mass is 35.5. The molecule has 186 valence electrons. The minimum absolute atomic E-state index is 0.0138. The zero-order valence-corrected chi connectivity index (χ0v) is 21.9. The van der Waals surface area contributed by atoms with Gasteiger partial charge in [-0.1, -0.05) is 35.3 Å². The van der Waals surface area contributed by atoms with Crippen LogP contribution in [-0.4, -0.2) is 49.5 Å². The maximum atomic E-state index is 13.6. The lowest BCUT2D eigenvalue weighted by Gasteiger charge is -2.33. The lowest BCUT2D eigenvalue weighted by Crippen LogP contribution is -2.54. The van der Waals surface area contributed by atoms with Gasteiger partial charge in [0, 0.05) is 17.1 Å². The Morgan fingerprint density at radius 1 is 1.12 bits per heavy atom. The van der Waals surface area contributed by atoms with E-state index in [1.54, 1.807) is 31.2 Å². The molecule has 2 aromatic carbocycles. The minimum Gasteiger partial charge on any atom is -0.350 e. The van der Waals surface area contributed by atoms with Gasteiger partial charge in [0.05, 0.1) is 17.0 Å². The van der Waals surface area contributed by atoms with Crippen LogP contribution in [0.1, 0.15) is 33.3 Å². The average molecular weight is 532 g/mol. The molecule has 1 N–H and O–H groups in total. The zero-order valence-electron chi connectivity index (χ0n) is 19.6. The fraction of sp³-hybridized carbons (Fsp3) is 0.391. The lowest BCUT2D eigenvalue weighted by atomic mass is 10.1. The maximum Gasteiger partial charge on any atom is 0.244 e. The van der Waals surface area contributed by atoms with Crippen molar-refractivity contribution in [2.24, 2.45) is 0 Å². The predicted octanol–water partition coefficient (Wildman–Crippen LogP) is 4.23. The number of sulfonamides is 1. The number of rotatable bonds is 8. The fourth-order valence-electron chi connectivity index (χ4n) is 3.14. The summed E-state index contributed by atoms with van der Waals surface area (Å²) in [5, 5.41) is 3.00. The number of halogens is 3. The molecule has 34 heavy (non-hydrogen) atoms. The van der Waals surface area contributed by atoms with Crippen LogP contribution in [0.4, 0.5) is 10.1 Å². The summed E-state index contributed by atoms with van der Waals surface area (Å²) in [5.41, 5.74) is 0.142. The number of nitrogens with zero attached hydrogens (tertiary/aromatic N) is 2. The van der Waals surface area contributed by atoms with Gasteiger partial charge in [0.25, 0.3) is 0 Å². The van der Waals surface area contributed by atoms with Crippen molar-refractivity contribution in [1.29, 1.82) is 0 Å². The van der Waals surface area contributed by atoms with Crippen LogP contribution in [0.2, 0.25) is 10.0 Å². The first-order valence-electron chi connectivity index (χ1n) is 10.4. The van der Waals surface area contributed by atoms with Crippen LogP contribution >= 0.6 is 23.2 Å². The van der Waals surface area contributed by atoms with Gasteiger partial charge in [0.2, 0.25) is 21.8 Å². The molecule has 0 aliphatic heterocycles. The van der Waals surface area contributed by atoms with E-state index in [9.17, 15) is 22.4 Å². The number of hydrogen-bond acceptors (Lipinski definition) is 4. The summed E-state index contributed by atoms with van der Waals surface area (Å²) in [4.78, 5) is 27.6. The van der Waals surface area contributed by atoms with Crippen LogP contribution < -0.4 is 9.62 Å². The number of carbonyl (C=O) groups is 2. The quantitative estimate of drug-likeness (QED) is 0.552. The number of hydrogen-bond donors (Lipinski definition) is 1. The first-order valence-corrected chi connectivity index (χ1v) is 13.0. The van der Waals surface area contributed by atoms with Crippen LogP contribution in [-0.2, 0) is 26.2 Å². The minimum atomic E-state index is -3.95. The van der Waals surface area contributed by atoms with E-state index in [1.807, 2.05) is 20.8 Å². The summed E-state index contributed by atoms with van der Waals surface area (Å²) in [6.45, 7) is 6.39. The molecule has 7 nitrogen and oxygen atoms in total. The molecule has 1 atom stereocenters. The van der Waals surface area contributed by atoms with E-state index in [0.29, 0.717) is 10.6 Å². The average Bonchev–Trinajstić information content (AvgIpc) is 2.69. The van der Waals surface area contributed by atoms with Gasteiger partial charge < -0.3 is 10.2 Å². The molecule has 2 amide bonds. The molecule has 0 fully saturated rings. The molecule has 0 aliphatic rings. The van der Waals surface area contributed by atoms with E-state index >= 15 is 0 Å². The van der Waals surface area contributed by atoms with Crippen LogP contribution in [0.25, 0.3) is 0 Å². The molecule has 0 saturated carbocycles. The van der Waals surface area contributed by atoms with E-state index in [1.165, 1.54) is 11.0 Å². The van der Waals surface area contributed by atoms with Gasteiger partial charge in [-0.3, -0.25) is 13.9 Å². The third kappa shape index (κ3) is 7.85. The van der Waals surface area contributed by atoms with E-state index in [4.69, 9.17) is 23.2 Å². The lowest BCUT2D eigenvalue weighted by molar-refractivity contribution is -0.140. The van der Waals surface area contributed by atoms with E-state index in [2.05, 4.69) is 5.32 Å². The summed E-state index contributed by atoms with van der Waals surface area (Å²) in [6, 6.07) is 9.22. The van der Waals surface area contributed by atoms with Gasteiger partial charge in [-0.2, -0.15) is 0 Å². The Kier molecular flexibility index (Phi) is 8.96. The highest BCUT2D eigenvalue weighted by Gasteiger charge is 2.31. The van der Waals surface area contributed by atoms with Crippen molar-refractivity contribution in [2.75, 3.05) is 17.1 Å². The van der Waals surface area contributed by atoms with E-state index in [-0.39, 0.29) is 17.3 Å². The topological polar surface area (TPSA) is 86.8 Å². The Morgan fingerprint density at radius 3 is 2.29 bits per heavy atom. The van der Waals surface area contributed by atoms with Crippen LogP contribution in [0.5, 0.6) is 0 Å². The summed E-state index contributed by atoms with van der Waals surface area (Å²) in [7, 11) is -3.95. The van der Waals surface area contributed by atoms with E-state index < -0.39 is 45.8 Å². The molecule has 0 heterocycles.